The minimum absolute atomic E-state index is 0.0556. The number of alkyl halides is 3. The molecule has 140 valence electrons. The summed E-state index contributed by atoms with van der Waals surface area (Å²) in [6, 6.07) is 3.45. The Morgan fingerprint density at radius 2 is 2.15 bits per heavy atom. The van der Waals surface area contributed by atoms with Crippen molar-refractivity contribution in [1.29, 1.82) is 0 Å². The largest absolute Gasteiger partial charge is 0.464 e. The SMILES string of the molecule is CC1CC1c1ccc(CN(C(=O)Nc2nc(C(F)(F)F)cs2)C2CC2)o1. The molecule has 1 N–H and O–H groups in total. The highest BCUT2D eigenvalue weighted by molar-refractivity contribution is 7.13. The van der Waals surface area contributed by atoms with Crippen LogP contribution in [0.2, 0.25) is 0 Å². The van der Waals surface area contributed by atoms with E-state index in [1.807, 2.05) is 12.1 Å². The zero-order chi connectivity index (χ0) is 18.5. The van der Waals surface area contributed by atoms with Gasteiger partial charge in [0.2, 0.25) is 0 Å². The molecular formula is C17H18F3N3O2S. The number of nitrogens with one attached hydrogen (secondary N) is 1. The van der Waals surface area contributed by atoms with Gasteiger partial charge in [-0.3, -0.25) is 5.32 Å². The zero-order valence-corrected chi connectivity index (χ0v) is 14.9. The standard InChI is InChI=1S/C17H18F3N3O2S/c1-9-6-12(9)13-5-4-11(25-13)7-23(10-2-3-10)16(24)22-15-21-14(8-26-15)17(18,19)20/h4-5,8-10,12H,2-3,6-7H2,1H3,(H,21,22,24). The first-order chi connectivity index (χ1) is 12.3. The number of furan rings is 1. The van der Waals surface area contributed by atoms with Gasteiger partial charge in [-0.2, -0.15) is 13.2 Å². The molecule has 2 heterocycles. The third kappa shape index (κ3) is 3.72. The summed E-state index contributed by atoms with van der Waals surface area (Å²) < 4.78 is 43.7. The predicted octanol–water partition coefficient (Wildman–Crippen LogP) is 5.07. The van der Waals surface area contributed by atoms with E-state index in [0.717, 1.165) is 41.7 Å². The molecule has 4 rings (SSSR count). The minimum atomic E-state index is -4.51. The highest BCUT2D eigenvalue weighted by atomic mass is 32.1. The van der Waals surface area contributed by atoms with Crippen LogP contribution in [0.1, 0.15) is 49.3 Å². The van der Waals surface area contributed by atoms with Gasteiger partial charge in [0.25, 0.3) is 0 Å². The van der Waals surface area contributed by atoms with Crippen LogP contribution in [0.25, 0.3) is 0 Å². The predicted molar refractivity (Wildman–Crippen MR) is 89.9 cm³/mol. The number of carbonyl (C=O) groups excluding carboxylic acids is 1. The number of anilines is 1. The molecule has 2 aromatic heterocycles. The van der Waals surface area contributed by atoms with Crippen LogP contribution in [0, 0.1) is 5.92 Å². The molecule has 2 amide bonds. The summed E-state index contributed by atoms with van der Waals surface area (Å²) in [7, 11) is 0. The Balaban J connectivity index is 1.42. The first-order valence-electron chi connectivity index (χ1n) is 8.50. The number of hydrogen-bond acceptors (Lipinski definition) is 4. The van der Waals surface area contributed by atoms with Crippen LogP contribution in [-0.2, 0) is 12.7 Å². The second kappa shape index (κ2) is 6.29. The fraction of sp³-hybridized carbons (Fsp3) is 0.529. The van der Waals surface area contributed by atoms with E-state index in [0.29, 0.717) is 24.1 Å². The van der Waals surface area contributed by atoms with Crippen molar-refractivity contribution < 1.29 is 22.4 Å². The molecule has 0 saturated heterocycles. The van der Waals surface area contributed by atoms with Crippen LogP contribution < -0.4 is 5.32 Å². The molecule has 0 radical (unpaired) electrons. The summed E-state index contributed by atoms with van der Waals surface area (Å²) in [6.45, 7) is 2.47. The van der Waals surface area contributed by atoms with Gasteiger partial charge in [0.1, 0.15) is 11.5 Å². The molecule has 2 saturated carbocycles. The van der Waals surface area contributed by atoms with E-state index in [-0.39, 0.29) is 11.2 Å². The molecule has 9 heteroatoms. The van der Waals surface area contributed by atoms with Crippen molar-refractivity contribution in [2.75, 3.05) is 5.32 Å². The third-order valence-corrected chi connectivity index (χ3v) is 5.50. The average molecular weight is 385 g/mol. The van der Waals surface area contributed by atoms with Crippen molar-refractivity contribution in [3.63, 3.8) is 0 Å². The van der Waals surface area contributed by atoms with Gasteiger partial charge >= 0.3 is 12.2 Å². The van der Waals surface area contributed by atoms with Crippen molar-refractivity contribution in [1.82, 2.24) is 9.88 Å². The van der Waals surface area contributed by atoms with E-state index in [2.05, 4.69) is 17.2 Å². The number of halogens is 3. The van der Waals surface area contributed by atoms with Gasteiger partial charge in [0.05, 0.1) is 6.54 Å². The molecule has 2 fully saturated rings. The average Bonchev–Trinajstić information content (AvgIpc) is 3.43. The van der Waals surface area contributed by atoms with Gasteiger partial charge in [-0.15, -0.1) is 11.3 Å². The molecular weight excluding hydrogens is 367 g/mol. The molecule has 2 unspecified atom stereocenters. The summed E-state index contributed by atoms with van der Waals surface area (Å²) in [6.07, 6.45) is -1.63. The zero-order valence-electron chi connectivity index (χ0n) is 14.0. The number of amides is 2. The van der Waals surface area contributed by atoms with E-state index in [4.69, 9.17) is 4.42 Å². The van der Waals surface area contributed by atoms with E-state index in [1.165, 1.54) is 0 Å². The Labute approximate surface area is 152 Å². The van der Waals surface area contributed by atoms with E-state index >= 15 is 0 Å². The van der Waals surface area contributed by atoms with Gasteiger partial charge in [0, 0.05) is 17.3 Å². The molecule has 5 nitrogen and oxygen atoms in total. The van der Waals surface area contributed by atoms with Gasteiger partial charge in [-0.05, 0) is 37.3 Å². The van der Waals surface area contributed by atoms with Gasteiger partial charge in [-0.1, -0.05) is 6.92 Å². The summed E-state index contributed by atoms with van der Waals surface area (Å²) >= 11 is 0.764. The summed E-state index contributed by atoms with van der Waals surface area (Å²) in [5.41, 5.74) is -0.995. The molecule has 0 spiro atoms. The van der Waals surface area contributed by atoms with Gasteiger partial charge < -0.3 is 9.32 Å². The molecule has 2 aliphatic carbocycles. The monoisotopic (exact) mass is 385 g/mol. The smallest absolute Gasteiger partial charge is 0.434 e. The van der Waals surface area contributed by atoms with Crippen LogP contribution in [0.15, 0.2) is 21.9 Å². The molecule has 2 aliphatic rings. The Morgan fingerprint density at radius 1 is 1.42 bits per heavy atom. The van der Waals surface area contributed by atoms with Crippen LogP contribution in [0.4, 0.5) is 23.1 Å². The summed E-state index contributed by atoms with van der Waals surface area (Å²) in [5.74, 6) is 2.72. The molecule has 26 heavy (non-hydrogen) atoms. The van der Waals surface area contributed by atoms with E-state index < -0.39 is 17.9 Å². The highest BCUT2D eigenvalue weighted by Crippen LogP contribution is 2.47. The van der Waals surface area contributed by atoms with Crippen LogP contribution in [-0.4, -0.2) is 22.0 Å². The normalized spacial score (nSPS) is 22.3. The number of hydrogen-bond donors (Lipinski definition) is 1. The third-order valence-electron chi connectivity index (χ3n) is 4.74. The quantitative estimate of drug-likeness (QED) is 0.781. The molecule has 0 aromatic carbocycles. The van der Waals surface area contributed by atoms with Gasteiger partial charge in [-0.25, -0.2) is 9.78 Å². The van der Waals surface area contributed by atoms with Crippen LogP contribution >= 0.6 is 11.3 Å². The van der Waals surface area contributed by atoms with Crippen molar-refractivity contribution in [3.05, 3.63) is 34.7 Å². The first kappa shape index (κ1) is 17.4. The van der Waals surface area contributed by atoms with Crippen molar-refractivity contribution >= 4 is 22.5 Å². The molecule has 0 aliphatic heterocycles. The summed E-state index contributed by atoms with van der Waals surface area (Å²) in [4.78, 5) is 17.6. The maximum Gasteiger partial charge on any atom is 0.434 e. The summed E-state index contributed by atoms with van der Waals surface area (Å²) in [5, 5.41) is 3.32. The number of nitrogens with zero attached hydrogens (tertiary/aromatic N) is 2. The number of carbonyl (C=O) groups is 1. The lowest BCUT2D eigenvalue weighted by atomic mass is 10.3. The maximum atomic E-state index is 12.6. The molecule has 2 aromatic rings. The topological polar surface area (TPSA) is 58.4 Å². The lowest BCUT2D eigenvalue weighted by Crippen LogP contribution is -2.36. The first-order valence-corrected chi connectivity index (χ1v) is 9.38. The second-order valence-corrected chi connectivity index (χ2v) is 7.81. The number of thiazole rings is 1. The van der Waals surface area contributed by atoms with Crippen molar-refractivity contribution in [3.8, 4) is 0 Å². The second-order valence-electron chi connectivity index (χ2n) is 6.95. The lowest BCUT2D eigenvalue weighted by Gasteiger charge is -2.21. The highest BCUT2D eigenvalue weighted by Gasteiger charge is 2.38. The van der Waals surface area contributed by atoms with Crippen LogP contribution in [0.5, 0.6) is 0 Å². The fourth-order valence-electron chi connectivity index (χ4n) is 2.94. The number of rotatable bonds is 5. The Kier molecular flexibility index (Phi) is 4.21. The number of urea groups is 1. The fourth-order valence-corrected chi connectivity index (χ4v) is 3.65. The minimum Gasteiger partial charge on any atom is -0.464 e. The Hall–Kier alpha value is -2.03. The van der Waals surface area contributed by atoms with Crippen LogP contribution in [0.3, 0.4) is 0 Å². The lowest BCUT2D eigenvalue weighted by molar-refractivity contribution is -0.140. The Morgan fingerprint density at radius 3 is 2.73 bits per heavy atom. The molecule has 2 atom stereocenters. The van der Waals surface area contributed by atoms with E-state index in [1.54, 1.807) is 4.90 Å². The molecule has 0 bridgehead atoms. The Bertz CT molecular complexity index is 812. The number of aromatic nitrogens is 1. The van der Waals surface area contributed by atoms with Gasteiger partial charge in [0.15, 0.2) is 10.8 Å². The van der Waals surface area contributed by atoms with Crippen molar-refractivity contribution in [2.24, 2.45) is 5.92 Å². The van der Waals surface area contributed by atoms with Crippen molar-refractivity contribution in [2.45, 2.75) is 50.9 Å². The van der Waals surface area contributed by atoms with E-state index in [9.17, 15) is 18.0 Å². The maximum absolute atomic E-state index is 12.6.